The van der Waals surface area contributed by atoms with E-state index in [0.29, 0.717) is 5.82 Å². The van der Waals surface area contributed by atoms with Gasteiger partial charge in [0, 0.05) is 32.6 Å². The van der Waals surface area contributed by atoms with E-state index in [1.807, 2.05) is 40.9 Å². The van der Waals surface area contributed by atoms with Gasteiger partial charge in [-0.05, 0) is 0 Å². The average Bonchev–Trinajstić information content (AvgIpc) is 2.68. The van der Waals surface area contributed by atoms with Crippen molar-refractivity contribution in [2.75, 3.05) is 21.1 Å². The lowest BCUT2D eigenvalue weighted by Gasteiger charge is -2.13. The summed E-state index contributed by atoms with van der Waals surface area (Å²) < 4.78 is 1.28. The number of aliphatic imine (C=N–C) groups is 1. The maximum atomic E-state index is 11.7. The normalized spacial score (nSPS) is 11.9. The summed E-state index contributed by atoms with van der Waals surface area (Å²) in [5, 5.41) is 6.85. The molecule has 0 saturated heterocycles. The van der Waals surface area contributed by atoms with Crippen molar-refractivity contribution in [3.63, 3.8) is 0 Å². The second-order valence-electron chi connectivity index (χ2n) is 5.31. The molecule has 0 fully saturated rings. The van der Waals surface area contributed by atoms with Gasteiger partial charge in [0.1, 0.15) is 0 Å². The molecule has 0 aromatic carbocycles. The number of hydrogen-bond acceptors (Lipinski definition) is 3. The molecule has 0 unspecified atom stereocenters. The largest absolute Gasteiger partial charge is 0.369 e. The Bertz CT molecular complexity index is 454. The van der Waals surface area contributed by atoms with E-state index in [1.165, 1.54) is 4.68 Å². The Hall–Kier alpha value is -1.85. The van der Waals surface area contributed by atoms with E-state index in [4.69, 9.17) is 0 Å². The number of nitrogens with one attached hydrogen (secondary N) is 1. The zero-order valence-corrected chi connectivity index (χ0v) is 11.9. The lowest BCUT2D eigenvalue weighted by molar-refractivity contribution is 0.241. The van der Waals surface area contributed by atoms with E-state index >= 15 is 0 Å². The van der Waals surface area contributed by atoms with Gasteiger partial charge in [0.15, 0.2) is 5.82 Å². The molecule has 0 atom stereocenters. The predicted molar refractivity (Wildman–Crippen MR) is 72.6 cm³/mol. The van der Waals surface area contributed by atoms with E-state index in [2.05, 4.69) is 15.4 Å². The highest BCUT2D eigenvalue weighted by Crippen LogP contribution is 2.25. The van der Waals surface area contributed by atoms with Crippen molar-refractivity contribution in [3.8, 4) is 0 Å². The van der Waals surface area contributed by atoms with Crippen LogP contribution in [-0.4, -0.2) is 48.2 Å². The van der Waals surface area contributed by atoms with Crippen LogP contribution in [0, 0.1) is 0 Å². The monoisotopic (exact) mass is 251 g/mol. The van der Waals surface area contributed by atoms with Crippen LogP contribution in [0.3, 0.4) is 0 Å². The molecule has 1 aromatic rings. The molecule has 1 rings (SSSR count). The van der Waals surface area contributed by atoms with E-state index in [1.54, 1.807) is 18.3 Å². The van der Waals surface area contributed by atoms with Gasteiger partial charge >= 0.3 is 6.03 Å². The summed E-state index contributed by atoms with van der Waals surface area (Å²) in [6.45, 7) is 6.13. The SMILES string of the molecule is CNC(=O)n1nc(C(C)(C)C)cc1/N=C/N(C)C. The molecule has 1 amide bonds. The zero-order valence-electron chi connectivity index (χ0n) is 11.9. The van der Waals surface area contributed by atoms with E-state index < -0.39 is 0 Å². The van der Waals surface area contributed by atoms with Crippen LogP contribution in [0.15, 0.2) is 11.1 Å². The van der Waals surface area contributed by atoms with Gasteiger partial charge in [-0.3, -0.25) is 0 Å². The molecular weight excluding hydrogens is 230 g/mol. The topological polar surface area (TPSA) is 62.5 Å². The van der Waals surface area contributed by atoms with Crippen molar-refractivity contribution < 1.29 is 4.79 Å². The predicted octanol–water partition coefficient (Wildman–Crippen LogP) is 1.59. The van der Waals surface area contributed by atoms with E-state index in [9.17, 15) is 4.79 Å². The summed E-state index contributed by atoms with van der Waals surface area (Å²) in [5.41, 5.74) is 0.707. The Labute approximate surface area is 108 Å². The van der Waals surface area contributed by atoms with Crippen LogP contribution in [0.25, 0.3) is 0 Å². The van der Waals surface area contributed by atoms with Crippen LogP contribution in [0.4, 0.5) is 10.6 Å². The Morgan fingerprint density at radius 1 is 1.50 bits per heavy atom. The quantitative estimate of drug-likeness (QED) is 0.641. The van der Waals surface area contributed by atoms with Gasteiger partial charge in [-0.25, -0.2) is 9.79 Å². The molecule has 0 bridgehead atoms. The molecule has 0 aliphatic heterocycles. The Morgan fingerprint density at radius 3 is 2.56 bits per heavy atom. The van der Waals surface area contributed by atoms with Gasteiger partial charge in [-0.2, -0.15) is 9.78 Å². The molecule has 1 N–H and O–H groups in total. The number of amides is 1. The molecule has 1 aromatic heterocycles. The third kappa shape index (κ3) is 3.32. The number of rotatable bonds is 2. The van der Waals surface area contributed by atoms with Crippen LogP contribution in [0.5, 0.6) is 0 Å². The van der Waals surface area contributed by atoms with Crippen molar-refractivity contribution >= 4 is 18.2 Å². The van der Waals surface area contributed by atoms with Gasteiger partial charge < -0.3 is 10.2 Å². The summed E-state index contributed by atoms with van der Waals surface area (Å²) in [7, 11) is 5.31. The van der Waals surface area contributed by atoms with Crippen molar-refractivity contribution in [1.82, 2.24) is 20.0 Å². The van der Waals surface area contributed by atoms with Crippen molar-refractivity contribution in [2.24, 2.45) is 4.99 Å². The second-order valence-corrected chi connectivity index (χ2v) is 5.31. The van der Waals surface area contributed by atoms with Gasteiger partial charge in [0.05, 0.1) is 12.0 Å². The summed E-state index contributed by atoms with van der Waals surface area (Å²) in [5.74, 6) is 0.521. The van der Waals surface area contributed by atoms with Crippen molar-refractivity contribution in [3.05, 3.63) is 11.8 Å². The van der Waals surface area contributed by atoms with Crippen LogP contribution in [-0.2, 0) is 5.41 Å². The van der Waals surface area contributed by atoms with Gasteiger partial charge in [0.25, 0.3) is 0 Å². The average molecular weight is 251 g/mol. The molecular formula is C12H21N5O. The van der Waals surface area contributed by atoms with Crippen molar-refractivity contribution in [2.45, 2.75) is 26.2 Å². The van der Waals surface area contributed by atoms with Crippen molar-refractivity contribution in [1.29, 1.82) is 0 Å². The van der Waals surface area contributed by atoms with Gasteiger partial charge in [-0.15, -0.1) is 0 Å². The molecule has 18 heavy (non-hydrogen) atoms. The fourth-order valence-electron chi connectivity index (χ4n) is 1.26. The molecule has 0 radical (unpaired) electrons. The fraction of sp³-hybridized carbons (Fsp3) is 0.583. The Balaban J connectivity index is 3.21. The third-order valence-corrected chi connectivity index (χ3v) is 2.29. The lowest BCUT2D eigenvalue weighted by Crippen LogP contribution is -2.26. The first kappa shape index (κ1) is 14.2. The highest BCUT2D eigenvalue weighted by molar-refractivity contribution is 5.79. The van der Waals surface area contributed by atoms with Crippen LogP contribution < -0.4 is 5.32 Å². The highest BCUT2D eigenvalue weighted by atomic mass is 16.2. The third-order valence-electron chi connectivity index (χ3n) is 2.29. The summed E-state index contributed by atoms with van der Waals surface area (Å²) in [6, 6.07) is 1.53. The molecule has 6 nitrogen and oxygen atoms in total. The van der Waals surface area contributed by atoms with E-state index in [-0.39, 0.29) is 11.4 Å². The lowest BCUT2D eigenvalue weighted by atomic mass is 9.92. The second kappa shape index (κ2) is 5.20. The summed E-state index contributed by atoms with van der Waals surface area (Å²) in [4.78, 5) is 17.8. The molecule has 1 heterocycles. The first-order valence-corrected chi connectivity index (χ1v) is 5.79. The molecule has 0 aliphatic carbocycles. The number of carbonyl (C=O) groups excluding carboxylic acids is 1. The molecule has 0 aliphatic rings. The molecule has 0 spiro atoms. The highest BCUT2D eigenvalue weighted by Gasteiger charge is 2.21. The summed E-state index contributed by atoms with van der Waals surface area (Å²) >= 11 is 0. The molecule has 6 heteroatoms. The number of nitrogens with zero attached hydrogens (tertiary/aromatic N) is 4. The minimum Gasteiger partial charge on any atom is -0.369 e. The first-order chi connectivity index (χ1) is 8.25. The van der Waals surface area contributed by atoms with Gasteiger partial charge in [-0.1, -0.05) is 20.8 Å². The Morgan fingerprint density at radius 2 is 2.11 bits per heavy atom. The number of aromatic nitrogens is 2. The van der Waals surface area contributed by atoms with Crippen LogP contribution in [0.2, 0.25) is 0 Å². The summed E-state index contributed by atoms with van der Waals surface area (Å²) in [6.07, 6.45) is 1.64. The zero-order chi connectivity index (χ0) is 13.9. The Kier molecular flexibility index (Phi) is 4.11. The smallest absolute Gasteiger partial charge is 0.343 e. The van der Waals surface area contributed by atoms with Crippen LogP contribution in [0.1, 0.15) is 26.5 Å². The minimum atomic E-state index is -0.295. The standard InChI is InChI=1S/C12H21N5O/c1-12(2,3)9-7-10(14-8-16(5)6)17(15-9)11(18)13-4/h7-8H,1-6H3,(H,13,18)/b14-8+. The minimum absolute atomic E-state index is 0.123. The number of hydrogen-bond donors (Lipinski definition) is 1. The fourth-order valence-corrected chi connectivity index (χ4v) is 1.26. The van der Waals surface area contributed by atoms with Gasteiger partial charge in [0.2, 0.25) is 0 Å². The van der Waals surface area contributed by atoms with E-state index in [0.717, 1.165) is 5.69 Å². The number of carbonyl (C=O) groups is 1. The molecule has 0 saturated carbocycles. The van der Waals surface area contributed by atoms with Crippen LogP contribution >= 0.6 is 0 Å². The first-order valence-electron chi connectivity index (χ1n) is 5.79. The molecule has 100 valence electrons. The maximum absolute atomic E-state index is 11.7. The maximum Gasteiger partial charge on any atom is 0.343 e.